The Bertz CT molecular complexity index is 1910. The Morgan fingerprint density at radius 2 is 1.30 bits per heavy atom. The molecule has 0 radical (unpaired) electrons. The molecule has 46 heavy (non-hydrogen) atoms. The Labute approximate surface area is 267 Å². The van der Waals surface area contributed by atoms with Crippen LogP contribution in [0.25, 0.3) is 11.1 Å². The number of nitrogens with one attached hydrogen (secondary N) is 1. The number of rotatable bonds is 10. The van der Waals surface area contributed by atoms with Crippen LogP contribution in [0.1, 0.15) is 39.8 Å². The zero-order chi connectivity index (χ0) is 32.1. The normalized spacial score (nSPS) is 12.8. The molecule has 1 amide bonds. The van der Waals surface area contributed by atoms with Gasteiger partial charge in [-0.2, -0.15) is 8.42 Å². The number of alkyl carbamates (subject to hydrolysis) is 1. The van der Waals surface area contributed by atoms with Crippen molar-refractivity contribution >= 4 is 22.2 Å². The van der Waals surface area contributed by atoms with Gasteiger partial charge in [-0.05, 0) is 64.6 Å². The van der Waals surface area contributed by atoms with Crippen molar-refractivity contribution in [1.29, 1.82) is 0 Å². The topological polar surface area (TPSA) is 108 Å². The number of hydrogen-bond donors (Lipinski definition) is 1. The summed E-state index contributed by atoms with van der Waals surface area (Å²) >= 11 is 0. The number of ether oxygens (including phenoxy) is 2. The highest BCUT2D eigenvalue weighted by atomic mass is 32.2. The molecule has 0 spiro atoms. The highest BCUT2D eigenvalue weighted by Crippen LogP contribution is 2.44. The first-order valence-corrected chi connectivity index (χ1v) is 16.1. The molecule has 1 aliphatic rings. The van der Waals surface area contributed by atoms with Crippen molar-refractivity contribution < 1.29 is 31.7 Å². The van der Waals surface area contributed by atoms with Gasteiger partial charge in [0, 0.05) is 5.92 Å². The van der Waals surface area contributed by atoms with Gasteiger partial charge in [0.05, 0.1) is 0 Å². The van der Waals surface area contributed by atoms with Gasteiger partial charge in [-0.25, -0.2) is 9.59 Å². The van der Waals surface area contributed by atoms with Crippen LogP contribution in [0.5, 0.6) is 5.75 Å². The van der Waals surface area contributed by atoms with Crippen LogP contribution in [-0.2, 0) is 31.0 Å². The first-order chi connectivity index (χ1) is 22.3. The molecule has 0 saturated carbocycles. The fraction of sp³-hybridized carbons (Fsp3) is 0.135. The number of hydrogen-bond acceptors (Lipinski definition) is 7. The molecule has 9 heteroatoms. The molecule has 8 nitrogen and oxygen atoms in total. The van der Waals surface area contributed by atoms with Gasteiger partial charge < -0.3 is 19.0 Å². The molecule has 232 valence electrons. The minimum atomic E-state index is -4.08. The average Bonchev–Trinajstić information content (AvgIpc) is 3.39. The van der Waals surface area contributed by atoms with Crippen molar-refractivity contribution in [2.45, 2.75) is 30.4 Å². The van der Waals surface area contributed by atoms with Gasteiger partial charge in [-0.15, -0.1) is 0 Å². The van der Waals surface area contributed by atoms with Crippen LogP contribution >= 0.6 is 0 Å². The van der Waals surface area contributed by atoms with Crippen LogP contribution in [0.4, 0.5) is 4.79 Å². The van der Waals surface area contributed by atoms with Crippen LogP contribution < -0.4 is 9.50 Å². The Morgan fingerprint density at radius 1 is 0.717 bits per heavy atom. The molecule has 0 fully saturated rings. The third-order valence-corrected chi connectivity index (χ3v) is 9.06. The van der Waals surface area contributed by atoms with Gasteiger partial charge in [0.2, 0.25) is 0 Å². The molecule has 0 saturated heterocycles. The van der Waals surface area contributed by atoms with Crippen LogP contribution in [0, 0.1) is 6.92 Å². The molecule has 1 atom stereocenters. The van der Waals surface area contributed by atoms with E-state index in [1.165, 1.54) is 36.4 Å². The lowest BCUT2D eigenvalue weighted by atomic mass is 9.98. The minimum absolute atomic E-state index is 0.00146. The van der Waals surface area contributed by atoms with E-state index in [-0.39, 0.29) is 29.8 Å². The second kappa shape index (κ2) is 13.3. The Hall–Kier alpha value is -5.41. The second-order valence-electron chi connectivity index (χ2n) is 10.9. The smallest absolute Gasteiger partial charge is 0.408 e. The van der Waals surface area contributed by atoms with E-state index in [1.807, 2.05) is 85.8 Å². The van der Waals surface area contributed by atoms with Crippen molar-refractivity contribution in [3.63, 3.8) is 0 Å². The van der Waals surface area contributed by atoms with Crippen LogP contribution in [0.3, 0.4) is 0 Å². The third-order valence-electron chi connectivity index (χ3n) is 7.79. The van der Waals surface area contributed by atoms with Gasteiger partial charge >= 0.3 is 22.2 Å². The van der Waals surface area contributed by atoms with Gasteiger partial charge in [0.15, 0.2) is 6.04 Å². The van der Waals surface area contributed by atoms with Crippen LogP contribution in [0.2, 0.25) is 0 Å². The molecule has 0 aromatic heterocycles. The number of carbonyl (C=O) groups is 2. The van der Waals surface area contributed by atoms with Crippen molar-refractivity contribution in [3.8, 4) is 16.9 Å². The molecule has 5 aromatic rings. The first-order valence-electron chi connectivity index (χ1n) is 14.7. The number of aryl methyl sites for hydroxylation is 1. The lowest BCUT2D eigenvalue weighted by Gasteiger charge is -2.20. The lowest BCUT2D eigenvalue weighted by Crippen LogP contribution is -2.36. The van der Waals surface area contributed by atoms with E-state index in [0.29, 0.717) is 5.56 Å². The maximum atomic E-state index is 13.3. The predicted octanol–water partition coefficient (Wildman–Crippen LogP) is 7.09. The Morgan fingerprint density at radius 3 is 1.93 bits per heavy atom. The summed E-state index contributed by atoms with van der Waals surface area (Å²) in [5.74, 6) is -0.825. The van der Waals surface area contributed by atoms with Crippen molar-refractivity contribution in [2.75, 3.05) is 6.61 Å². The SMILES string of the molecule is Cc1ccc(S(=O)(=O)Oc2ccc(C(NC(=O)OCC3c4ccccc4-c4ccccc43)C(=O)OCc3ccccc3)cc2)cc1. The van der Waals surface area contributed by atoms with Crippen molar-refractivity contribution in [2.24, 2.45) is 0 Å². The molecule has 0 bridgehead atoms. The predicted molar refractivity (Wildman–Crippen MR) is 173 cm³/mol. The number of amides is 1. The van der Waals surface area contributed by atoms with E-state index in [0.717, 1.165) is 33.4 Å². The maximum absolute atomic E-state index is 13.3. The van der Waals surface area contributed by atoms with Crippen LogP contribution in [0.15, 0.2) is 132 Å². The average molecular weight is 634 g/mol. The zero-order valence-corrected chi connectivity index (χ0v) is 25.8. The fourth-order valence-electron chi connectivity index (χ4n) is 5.44. The molecule has 1 aliphatic carbocycles. The van der Waals surface area contributed by atoms with Gasteiger partial charge in [0.25, 0.3) is 0 Å². The molecule has 6 rings (SSSR count). The monoisotopic (exact) mass is 633 g/mol. The first kappa shape index (κ1) is 30.6. The Balaban J connectivity index is 1.18. The van der Waals surface area contributed by atoms with Crippen LogP contribution in [-0.4, -0.2) is 27.1 Å². The van der Waals surface area contributed by atoms with Crippen molar-refractivity contribution in [3.05, 3.63) is 155 Å². The lowest BCUT2D eigenvalue weighted by molar-refractivity contribution is -0.147. The third kappa shape index (κ3) is 6.79. The van der Waals surface area contributed by atoms with Gasteiger partial charge in [-0.3, -0.25) is 0 Å². The summed E-state index contributed by atoms with van der Waals surface area (Å²) in [5, 5.41) is 2.65. The summed E-state index contributed by atoms with van der Waals surface area (Å²) in [4.78, 5) is 26.5. The summed E-state index contributed by atoms with van der Waals surface area (Å²) in [6.07, 6.45) is -0.800. The fourth-order valence-corrected chi connectivity index (χ4v) is 6.37. The largest absolute Gasteiger partial charge is 0.459 e. The number of fused-ring (bicyclic) bond motifs is 3. The number of carbonyl (C=O) groups excluding carboxylic acids is 2. The molecular formula is C37H31NO7S. The number of benzene rings is 5. The van der Waals surface area contributed by atoms with E-state index < -0.39 is 28.2 Å². The molecule has 5 aromatic carbocycles. The van der Waals surface area contributed by atoms with E-state index in [9.17, 15) is 18.0 Å². The summed E-state index contributed by atoms with van der Waals surface area (Å²) in [6, 6.07) is 36.1. The van der Waals surface area contributed by atoms with Gasteiger partial charge in [0.1, 0.15) is 23.9 Å². The molecule has 1 N–H and O–H groups in total. The summed E-state index contributed by atoms with van der Waals surface area (Å²) in [5.41, 5.74) is 6.37. The molecular weight excluding hydrogens is 602 g/mol. The maximum Gasteiger partial charge on any atom is 0.408 e. The van der Waals surface area contributed by atoms with E-state index in [4.69, 9.17) is 13.7 Å². The minimum Gasteiger partial charge on any atom is -0.459 e. The summed E-state index contributed by atoms with van der Waals surface area (Å²) in [7, 11) is -4.08. The van der Waals surface area contributed by atoms with E-state index >= 15 is 0 Å². The standard InChI is InChI=1S/C37H31NO7S/c1-25-15-21-29(22-16-25)46(41,42)45-28-19-17-27(18-20-28)35(36(39)43-23-26-9-3-2-4-10-26)38-37(40)44-24-34-32-13-7-5-11-30(32)31-12-6-8-14-33(31)34/h2-22,34-35H,23-24H2,1H3,(H,38,40). The summed E-state index contributed by atoms with van der Waals surface area (Å²) < 4.78 is 42.1. The molecule has 1 unspecified atom stereocenters. The zero-order valence-electron chi connectivity index (χ0n) is 25.0. The summed E-state index contributed by atoms with van der Waals surface area (Å²) in [6.45, 7) is 1.92. The van der Waals surface area contributed by atoms with E-state index in [2.05, 4.69) is 5.32 Å². The molecule has 0 aliphatic heterocycles. The number of esters is 1. The van der Waals surface area contributed by atoms with Gasteiger partial charge in [-0.1, -0.05) is 109 Å². The highest BCUT2D eigenvalue weighted by molar-refractivity contribution is 7.87. The molecule has 0 heterocycles. The Kier molecular flexibility index (Phi) is 8.85. The van der Waals surface area contributed by atoms with E-state index in [1.54, 1.807) is 12.1 Å². The van der Waals surface area contributed by atoms with Crippen molar-refractivity contribution in [1.82, 2.24) is 5.32 Å². The quantitative estimate of drug-likeness (QED) is 0.129. The second-order valence-corrected chi connectivity index (χ2v) is 12.5. The highest BCUT2D eigenvalue weighted by Gasteiger charge is 2.31.